The molecule has 0 saturated carbocycles. The molecule has 0 fully saturated rings. The first kappa shape index (κ1) is 17.1. The summed E-state index contributed by atoms with van der Waals surface area (Å²) in [5.41, 5.74) is 2.26. The zero-order valence-corrected chi connectivity index (χ0v) is 14.9. The Kier molecular flexibility index (Phi) is 5.03. The van der Waals surface area contributed by atoms with Crippen molar-refractivity contribution >= 4 is 9.84 Å². The lowest BCUT2D eigenvalue weighted by Crippen LogP contribution is -2.32. The third kappa shape index (κ3) is 4.03. The minimum atomic E-state index is -3.15. The van der Waals surface area contributed by atoms with Crippen LogP contribution in [0, 0.1) is 0 Å². The second kappa shape index (κ2) is 7.04. The number of ether oxygens (including phenoxy) is 1. The van der Waals surface area contributed by atoms with Gasteiger partial charge in [0, 0.05) is 38.7 Å². The molecule has 1 aliphatic heterocycles. The third-order valence-electron chi connectivity index (χ3n) is 4.19. The van der Waals surface area contributed by atoms with Gasteiger partial charge in [-0.05, 0) is 30.7 Å². The van der Waals surface area contributed by atoms with E-state index >= 15 is 0 Å². The molecule has 0 radical (unpaired) electrons. The summed E-state index contributed by atoms with van der Waals surface area (Å²) < 4.78 is 31.0. The maximum Gasteiger partial charge on any atom is 0.175 e. The molecule has 0 amide bonds. The summed E-state index contributed by atoms with van der Waals surface area (Å²) in [4.78, 5) is 2.67. The number of aromatic nitrogens is 2. The van der Waals surface area contributed by atoms with E-state index in [0.29, 0.717) is 11.5 Å². The minimum absolute atomic E-state index is 0.103. The van der Waals surface area contributed by atoms with Crippen molar-refractivity contribution in [3.63, 3.8) is 0 Å². The monoisotopic (exact) mass is 349 g/mol. The Balaban J connectivity index is 1.76. The van der Waals surface area contributed by atoms with Crippen LogP contribution in [0.4, 0.5) is 0 Å². The highest BCUT2D eigenvalue weighted by molar-refractivity contribution is 7.90. The maximum atomic E-state index is 11.6. The van der Waals surface area contributed by atoms with Crippen LogP contribution in [-0.2, 0) is 34.2 Å². The van der Waals surface area contributed by atoms with Crippen molar-refractivity contribution in [1.82, 2.24) is 14.7 Å². The molecular weight excluding hydrogens is 326 g/mol. The van der Waals surface area contributed by atoms with Crippen LogP contribution in [0.25, 0.3) is 0 Å². The Bertz CT molecular complexity index is 784. The first-order valence-corrected chi connectivity index (χ1v) is 9.98. The molecule has 0 spiro atoms. The minimum Gasteiger partial charge on any atom is -0.375 e. The topological polar surface area (TPSA) is 64.4 Å². The molecule has 1 unspecified atom stereocenters. The standard InChI is InChI=1S/C17H23N3O3S/c1-3-23-16-12-19(11-15-8-9-18-20(15)13-16)10-14-4-6-17(7-5-14)24(2,21)22/h4-9,16H,3,10-13H2,1-2H3. The van der Waals surface area contributed by atoms with Crippen molar-refractivity contribution in [2.45, 2.75) is 37.6 Å². The van der Waals surface area contributed by atoms with Gasteiger partial charge in [-0.3, -0.25) is 9.58 Å². The molecular formula is C17H23N3O3S. The van der Waals surface area contributed by atoms with Crippen LogP contribution >= 0.6 is 0 Å². The van der Waals surface area contributed by atoms with Crippen molar-refractivity contribution in [3.05, 3.63) is 47.8 Å². The van der Waals surface area contributed by atoms with Gasteiger partial charge in [0.05, 0.1) is 23.2 Å². The SMILES string of the molecule is CCOC1CN(Cc2ccc(S(C)(=O)=O)cc2)Cc2ccnn2C1. The molecule has 1 aliphatic rings. The zero-order chi connectivity index (χ0) is 17.2. The van der Waals surface area contributed by atoms with Crippen molar-refractivity contribution in [2.24, 2.45) is 0 Å². The molecule has 3 rings (SSSR count). The van der Waals surface area contributed by atoms with Crippen molar-refractivity contribution < 1.29 is 13.2 Å². The van der Waals surface area contributed by atoms with Crippen LogP contribution in [0.5, 0.6) is 0 Å². The number of fused-ring (bicyclic) bond motifs is 1. The largest absolute Gasteiger partial charge is 0.375 e. The number of nitrogens with zero attached hydrogens (tertiary/aromatic N) is 3. The summed E-state index contributed by atoms with van der Waals surface area (Å²) in [5.74, 6) is 0. The van der Waals surface area contributed by atoms with E-state index in [1.54, 1.807) is 12.1 Å². The lowest BCUT2D eigenvalue weighted by atomic mass is 10.2. The van der Waals surface area contributed by atoms with E-state index in [2.05, 4.69) is 10.00 Å². The van der Waals surface area contributed by atoms with Gasteiger partial charge in [-0.2, -0.15) is 5.10 Å². The number of rotatable bonds is 5. The Labute approximate surface area is 143 Å². The quantitative estimate of drug-likeness (QED) is 0.822. The van der Waals surface area contributed by atoms with Crippen molar-refractivity contribution in [3.8, 4) is 0 Å². The second-order valence-corrected chi connectivity index (χ2v) is 8.18. The third-order valence-corrected chi connectivity index (χ3v) is 5.32. The predicted octanol–water partition coefficient (Wildman–Crippen LogP) is 1.71. The summed E-state index contributed by atoms with van der Waals surface area (Å²) in [6.07, 6.45) is 3.15. The molecule has 2 heterocycles. The van der Waals surface area contributed by atoms with E-state index in [1.807, 2.05) is 36.0 Å². The van der Waals surface area contributed by atoms with Gasteiger partial charge in [0.15, 0.2) is 9.84 Å². The molecule has 0 N–H and O–H groups in total. The molecule has 6 nitrogen and oxygen atoms in total. The van der Waals surface area contributed by atoms with Crippen molar-refractivity contribution in [2.75, 3.05) is 19.4 Å². The molecule has 0 saturated heterocycles. The summed E-state index contributed by atoms with van der Waals surface area (Å²) in [6.45, 7) is 5.82. The lowest BCUT2D eigenvalue weighted by molar-refractivity contribution is 0.0252. The molecule has 0 bridgehead atoms. The number of hydrogen-bond acceptors (Lipinski definition) is 5. The molecule has 7 heteroatoms. The van der Waals surface area contributed by atoms with E-state index in [-0.39, 0.29) is 6.10 Å². The molecule has 130 valence electrons. The fourth-order valence-corrected chi connectivity index (χ4v) is 3.68. The van der Waals surface area contributed by atoms with E-state index in [9.17, 15) is 8.42 Å². The highest BCUT2D eigenvalue weighted by atomic mass is 32.2. The van der Waals surface area contributed by atoms with Crippen LogP contribution in [0.3, 0.4) is 0 Å². The fourth-order valence-electron chi connectivity index (χ4n) is 3.05. The molecule has 24 heavy (non-hydrogen) atoms. The molecule has 2 aromatic rings. The smallest absolute Gasteiger partial charge is 0.175 e. The van der Waals surface area contributed by atoms with Gasteiger partial charge in [0.2, 0.25) is 0 Å². The summed E-state index contributed by atoms with van der Waals surface area (Å²) >= 11 is 0. The molecule has 1 atom stereocenters. The molecule has 1 aromatic carbocycles. The van der Waals surface area contributed by atoms with E-state index in [0.717, 1.165) is 31.7 Å². The lowest BCUT2D eigenvalue weighted by Gasteiger charge is -2.23. The second-order valence-electron chi connectivity index (χ2n) is 6.17. The summed E-state index contributed by atoms with van der Waals surface area (Å²) in [7, 11) is -3.15. The molecule has 1 aromatic heterocycles. The van der Waals surface area contributed by atoms with E-state index in [1.165, 1.54) is 11.9 Å². The highest BCUT2D eigenvalue weighted by Crippen LogP contribution is 2.18. The van der Waals surface area contributed by atoms with Gasteiger partial charge in [-0.15, -0.1) is 0 Å². The van der Waals surface area contributed by atoms with Gasteiger partial charge < -0.3 is 4.74 Å². The Morgan fingerprint density at radius 1 is 1.21 bits per heavy atom. The fraction of sp³-hybridized carbons (Fsp3) is 0.471. The maximum absolute atomic E-state index is 11.6. The number of sulfone groups is 1. The Morgan fingerprint density at radius 2 is 1.96 bits per heavy atom. The van der Waals surface area contributed by atoms with E-state index in [4.69, 9.17) is 4.74 Å². The number of benzene rings is 1. The van der Waals surface area contributed by atoms with Gasteiger partial charge in [0.25, 0.3) is 0 Å². The van der Waals surface area contributed by atoms with Crippen LogP contribution in [0.15, 0.2) is 41.4 Å². The average molecular weight is 349 g/mol. The van der Waals surface area contributed by atoms with Crippen molar-refractivity contribution in [1.29, 1.82) is 0 Å². The van der Waals surface area contributed by atoms with Gasteiger partial charge in [-0.1, -0.05) is 12.1 Å². The first-order valence-electron chi connectivity index (χ1n) is 8.09. The van der Waals surface area contributed by atoms with Gasteiger partial charge in [-0.25, -0.2) is 8.42 Å². The van der Waals surface area contributed by atoms with Gasteiger partial charge >= 0.3 is 0 Å². The summed E-state index contributed by atoms with van der Waals surface area (Å²) in [6, 6.07) is 9.15. The van der Waals surface area contributed by atoms with Crippen LogP contribution < -0.4 is 0 Å². The average Bonchev–Trinajstić information content (AvgIpc) is 2.87. The Hall–Kier alpha value is -1.70. The number of hydrogen-bond donors (Lipinski definition) is 0. The highest BCUT2D eigenvalue weighted by Gasteiger charge is 2.22. The van der Waals surface area contributed by atoms with Crippen LogP contribution in [-0.4, -0.2) is 48.6 Å². The Morgan fingerprint density at radius 3 is 2.62 bits per heavy atom. The summed E-state index contributed by atoms with van der Waals surface area (Å²) in [5, 5.41) is 4.37. The predicted molar refractivity (Wildman–Crippen MR) is 91.3 cm³/mol. The van der Waals surface area contributed by atoms with E-state index < -0.39 is 9.84 Å². The van der Waals surface area contributed by atoms with Crippen LogP contribution in [0.2, 0.25) is 0 Å². The normalized spacial score (nSPS) is 19.0. The first-order chi connectivity index (χ1) is 11.5. The molecule has 0 aliphatic carbocycles. The van der Waals surface area contributed by atoms with Crippen LogP contribution in [0.1, 0.15) is 18.2 Å². The van der Waals surface area contributed by atoms with Gasteiger partial charge in [0.1, 0.15) is 0 Å². The zero-order valence-electron chi connectivity index (χ0n) is 14.1.